The van der Waals surface area contributed by atoms with Gasteiger partial charge in [0.1, 0.15) is 12.0 Å². The molecule has 0 saturated heterocycles. The summed E-state index contributed by atoms with van der Waals surface area (Å²) in [6.45, 7) is 1.93. The van der Waals surface area contributed by atoms with Gasteiger partial charge in [0.15, 0.2) is 11.5 Å². The number of ether oxygens (including phenoxy) is 2. The second-order valence-electron chi connectivity index (χ2n) is 6.19. The van der Waals surface area contributed by atoms with Gasteiger partial charge >= 0.3 is 5.97 Å². The van der Waals surface area contributed by atoms with Crippen molar-refractivity contribution in [1.82, 2.24) is 4.98 Å². The Labute approximate surface area is 172 Å². The molecule has 0 amide bonds. The van der Waals surface area contributed by atoms with E-state index in [9.17, 15) is 14.9 Å². The minimum absolute atomic E-state index is 0.111. The number of aryl methyl sites for hydroxylation is 1. The summed E-state index contributed by atoms with van der Waals surface area (Å²) in [6, 6.07) is 14.8. The Balaban J connectivity index is 1.71. The minimum Gasteiger partial charge on any atom is -0.493 e. The van der Waals surface area contributed by atoms with Crippen LogP contribution in [0.4, 0.5) is 11.5 Å². The van der Waals surface area contributed by atoms with Crippen molar-refractivity contribution >= 4 is 23.7 Å². The fraction of sp³-hybridized carbons (Fsp3) is 0.0952. The van der Waals surface area contributed by atoms with E-state index < -0.39 is 10.9 Å². The van der Waals surface area contributed by atoms with E-state index in [1.54, 1.807) is 30.3 Å². The number of nitro groups is 1. The fourth-order valence-corrected chi connectivity index (χ4v) is 2.43. The van der Waals surface area contributed by atoms with Crippen molar-refractivity contribution in [2.45, 2.75) is 6.92 Å². The van der Waals surface area contributed by atoms with E-state index in [4.69, 9.17) is 9.47 Å². The van der Waals surface area contributed by atoms with Gasteiger partial charge in [0.2, 0.25) is 0 Å². The second-order valence-corrected chi connectivity index (χ2v) is 6.19. The molecule has 0 radical (unpaired) electrons. The third-order valence-electron chi connectivity index (χ3n) is 4.03. The molecular formula is C21H18N4O5. The number of nitrogens with zero attached hydrogens (tertiary/aromatic N) is 3. The van der Waals surface area contributed by atoms with Gasteiger partial charge in [-0.25, -0.2) is 9.78 Å². The summed E-state index contributed by atoms with van der Waals surface area (Å²) in [6.07, 6.45) is 2.62. The maximum absolute atomic E-state index is 12.4. The van der Waals surface area contributed by atoms with Crippen LogP contribution in [-0.4, -0.2) is 29.2 Å². The number of nitrogens with one attached hydrogen (secondary N) is 1. The molecule has 1 heterocycles. The quantitative estimate of drug-likeness (QED) is 0.207. The average molecular weight is 406 g/mol. The molecule has 30 heavy (non-hydrogen) atoms. The molecular weight excluding hydrogens is 388 g/mol. The van der Waals surface area contributed by atoms with Gasteiger partial charge in [0.05, 0.1) is 23.8 Å². The van der Waals surface area contributed by atoms with Gasteiger partial charge in [-0.05, 0) is 48.9 Å². The zero-order valence-electron chi connectivity index (χ0n) is 16.2. The smallest absolute Gasteiger partial charge is 0.343 e. The lowest BCUT2D eigenvalue weighted by molar-refractivity contribution is -0.385. The average Bonchev–Trinajstić information content (AvgIpc) is 2.75. The normalized spacial score (nSPS) is 10.6. The molecule has 0 saturated carbocycles. The van der Waals surface area contributed by atoms with Gasteiger partial charge in [-0.2, -0.15) is 5.10 Å². The van der Waals surface area contributed by atoms with E-state index in [0.717, 1.165) is 11.8 Å². The first kappa shape index (κ1) is 20.5. The molecule has 0 atom stereocenters. The van der Waals surface area contributed by atoms with Crippen LogP contribution < -0.4 is 14.9 Å². The summed E-state index contributed by atoms with van der Waals surface area (Å²) < 4.78 is 10.7. The number of hydrogen-bond acceptors (Lipinski definition) is 8. The van der Waals surface area contributed by atoms with E-state index >= 15 is 0 Å². The number of rotatable bonds is 7. The molecule has 0 aliphatic heterocycles. The molecule has 152 valence electrons. The van der Waals surface area contributed by atoms with Crippen LogP contribution in [0.3, 0.4) is 0 Å². The highest BCUT2D eigenvalue weighted by Gasteiger charge is 2.13. The number of benzene rings is 2. The highest BCUT2D eigenvalue weighted by atomic mass is 16.6. The number of carbonyl (C=O) groups is 1. The molecule has 0 fully saturated rings. The van der Waals surface area contributed by atoms with Gasteiger partial charge in [0, 0.05) is 6.07 Å². The SMILES string of the molecule is COc1ccc(/C=N\Nc2ccc([N+](=O)[O-])cn2)cc1OC(=O)c1ccc(C)cc1. The second kappa shape index (κ2) is 9.28. The Morgan fingerprint density at radius 1 is 1.13 bits per heavy atom. The van der Waals surface area contributed by atoms with Crippen LogP contribution in [0.2, 0.25) is 0 Å². The number of aromatic nitrogens is 1. The maximum Gasteiger partial charge on any atom is 0.343 e. The predicted molar refractivity (Wildman–Crippen MR) is 111 cm³/mol. The number of carbonyl (C=O) groups excluding carboxylic acids is 1. The Morgan fingerprint density at radius 2 is 1.90 bits per heavy atom. The van der Waals surface area contributed by atoms with Crippen molar-refractivity contribution in [2.24, 2.45) is 5.10 Å². The standard InChI is InChI=1S/C21H18N4O5/c1-14-3-6-16(7-4-14)21(26)30-19-11-15(5-9-18(19)29-2)12-23-24-20-10-8-17(13-22-20)25(27)28/h3-13H,1-2H3,(H,22,24)/b23-12-. The molecule has 0 unspecified atom stereocenters. The molecule has 3 aromatic rings. The first-order chi connectivity index (χ1) is 14.5. The molecule has 3 rings (SSSR count). The van der Waals surface area contributed by atoms with Crippen LogP contribution in [0, 0.1) is 17.0 Å². The monoisotopic (exact) mass is 406 g/mol. The van der Waals surface area contributed by atoms with Crippen LogP contribution in [0.5, 0.6) is 11.5 Å². The van der Waals surface area contributed by atoms with E-state index in [2.05, 4.69) is 15.5 Å². The summed E-state index contributed by atoms with van der Waals surface area (Å²) in [4.78, 5) is 26.4. The first-order valence-corrected chi connectivity index (χ1v) is 8.82. The van der Waals surface area contributed by atoms with E-state index in [1.807, 2.05) is 19.1 Å². The third-order valence-corrected chi connectivity index (χ3v) is 4.03. The predicted octanol–water partition coefficient (Wildman–Crippen LogP) is 3.97. The van der Waals surface area contributed by atoms with Crippen LogP contribution in [0.25, 0.3) is 0 Å². The molecule has 0 aliphatic rings. The molecule has 0 spiro atoms. The minimum atomic E-state index is -0.531. The molecule has 9 heteroatoms. The van der Waals surface area contributed by atoms with E-state index in [1.165, 1.54) is 25.5 Å². The summed E-state index contributed by atoms with van der Waals surface area (Å²) in [5.74, 6) is 0.491. The highest BCUT2D eigenvalue weighted by Crippen LogP contribution is 2.28. The van der Waals surface area contributed by atoms with Gasteiger partial charge < -0.3 is 9.47 Å². The van der Waals surface area contributed by atoms with Crippen molar-refractivity contribution in [3.8, 4) is 11.5 Å². The number of esters is 1. The third kappa shape index (κ3) is 5.16. The summed E-state index contributed by atoms with van der Waals surface area (Å²) in [5, 5.41) is 14.7. The fourth-order valence-electron chi connectivity index (χ4n) is 2.43. The van der Waals surface area contributed by atoms with Crippen molar-refractivity contribution in [3.63, 3.8) is 0 Å². The lowest BCUT2D eigenvalue weighted by Gasteiger charge is -2.10. The topological polar surface area (TPSA) is 116 Å². The number of anilines is 1. The summed E-state index contributed by atoms with van der Waals surface area (Å²) in [5.41, 5.74) is 4.66. The van der Waals surface area contributed by atoms with E-state index in [0.29, 0.717) is 22.7 Å². The Kier molecular flexibility index (Phi) is 6.33. The molecule has 2 aromatic carbocycles. The maximum atomic E-state index is 12.4. The molecule has 0 aliphatic carbocycles. The van der Waals surface area contributed by atoms with Crippen molar-refractivity contribution in [3.05, 3.63) is 87.6 Å². The molecule has 9 nitrogen and oxygen atoms in total. The van der Waals surface area contributed by atoms with Crippen LogP contribution in [0.15, 0.2) is 65.9 Å². The van der Waals surface area contributed by atoms with Crippen molar-refractivity contribution < 1.29 is 19.2 Å². The number of hydrogen-bond donors (Lipinski definition) is 1. The highest BCUT2D eigenvalue weighted by molar-refractivity contribution is 5.92. The summed E-state index contributed by atoms with van der Waals surface area (Å²) in [7, 11) is 1.48. The zero-order chi connectivity index (χ0) is 21.5. The van der Waals surface area contributed by atoms with Gasteiger partial charge in [-0.15, -0.1) is 0 Å². The van der Waals surface area contributed by atoms with Gasteiger partial charge in [0.25, 0.3) is 5.69 Å². The molecule has 1 N–H and O–H groups in total. The Morgan fingerprint density at radius 3 is 2.53 bits per heavy atom. The Bertz CT molecular complexity index is 1080. The number of hydrazone groups is 1. The van der Waals surface area contributed by atoms with Gasteiger partial charge in [-0.3, -0.25) is 15.5 Å². The largest absolute Gasteiger partial charge is 0.493 e. The molecule has 0 bridgehead atoms. The number of pyridine rings is 1. The molecule has 1 aromatic heterocycles. The number of methoxy groups -OCH3 is 1. The first-order valence-electron chi connectivity index (χ1n) is 8.82. The van der Waals surface area contributed by atoms with Crippen molar-refractivity contribution in [2.75, 3.05) is 12.5 Å². The Hall–Kier alpha value is -4.27. The summed E-state index contributed by atoms with van der Waals surface area (Å²) >= 11 is 0. The lowest BCUT2D eigenvalue weighted by Crippen LogP contribution is -2.09. The lowest BCUT2D eigenvalue weighted by atomic mass is 10.1. The zero-order valence-corrected chi connectivity index (χ0v) is 16.2. The van der Waals surface area contributed by atoms with Crippen molar-refractivity contribution in [1.29, 1.82) is 0 Å². The van der Waals surface area contributed by atoms with Crippen LogP contribution >= 0.6 is 0 Å². The van der Waals surface area contributed by atoms with Crippen LogP contribution in [-0.2, 0) is 0 Å². The van der Waals surface area contributed by atoms with Gasteiger partial charge in [-0.1, -0.05) is 17.7 Å². The van der Waals surface area contributed by atoms with Crippen LogP contribution in [0.1, 0.15) is 21.5 Å². The van der Waals surface area contributed by atoms with E-state index in [-0.39, 0.29) is 11.4 Å².